The van der Waals surface area contributed by atoms with Crippen LogP contribution in [0.15, 0.2) is 10.4 Å². The largest absolute Gasteiger partial charge is 0.343 e. The number of likely N-dealkylation sites (tertiary alicyclic amines) is 2. The lowest BCUT2D eigenvalue weighted by molar-refractivity contribution is -0.132. The van der Waals surface area contributed by atoms with Gasteiger partial charge in [-0.15, -0.1) is 11.8 Å². The van der Waals surface area contributed by atoms with Gasteiger partial charge in [-0.25, -0.2) is 9.78 Å². The Labute approximate surface area is 219 Å². The van der Waals surface area contributed by atoms with Crippen LogP contribution in [0.4, 0.5) is 9.93 Å². The number of piperidine rings is 1. The lowest BCUT2D eigenvalue weighted by atomic mass is 9.85. The number of hydrogen-bond acceptors (Lipinski definition) is 6. The van der Waals surface area contributed by atoms with Crippen LogP contribution >= 0.6 is 23.1 Å². The third-order valence-corrected chi connectivity index (χ3v) is 9.92. The van der Waals surface area contributed by atoms with Gasteiger partial charge in [0.05, 0.1) is 10.4 Å². The van der Waals surface area contributed by atoms with E-state index in [4.69, 9.17) is 0 Å². The fourth-order valence-corrected chi connectivity index (χ4v) is 7.68. The maximum Gasteiger partial charge on any atom is 0.324 e. The molecule has 0 bridgehead atoms. The number of nitrogens with one attached hydrogen (secondary N) is 1. The van der Waals surface area contributed by atoms with Crippen LogP contribution in [0.2, 0.25) is 0 Å². The molecule has 1 N–H and O–H groups in total. The zero-order chi connectivity index (χ0) is 24.6. The minimum atomic E-state index is -0.00847. The molecule has 35 heavy (non-hydrogen) atoms. The third kappa shape index (κ3) is 7.59. The monoisotopic (exact) mass is 521 g/mol. The van der Waals surface area contributed by atoms with Crippen molar-refractivity contribution in [3.05, 3.63) is 6.20 Å². The van der Waals surface area contributed by atoms with Gasteiger partial charge in [-0.05, 0) is 76.8 Å². The molecule has 2 saturated heterocycles. The summed E-state index contributed by atoms with van der Waals surface area (Å²) in [5, 5.41) is 3.84. The van der Waals surface area contributed by atoms with E-state index in [0.717, 1.165) is 63.4 Å². The lowest BCUT2D eigenvalue weighted by Crippen LogP contribution is -2.54. The summed E-state index contributed by atoms with van der Waals surface area (Å²) in [6.45, 7) is 9.46. The number of carbonyl (C=O) groups excluding carboxylic acids is 2. The van der Waals surface area contributed by atoms with Crippen LogP contribution in [0, 0.1) is 5.92 Å². The predicted octanol–water partition coefficient (Wildman–Crippen LogP) is 5.53. The van der Waals surface area contributed by atoms with E-state index < -0.39 is 0 Å². The highest BCUT2D eigenvalue weighted by atomic mass is 32.2. The first kappa shape index (κ1) is 26.7. The minimum Gasteiger partial charge on any atom is -0.343 e. The summed E-state index contributed by atoms with van der Waals surface area (Å²) in [5.74, 6) is 2.06. The maximum absolute atomic E-state index is 13.6. The molecular weight excluding hydrogens is 478 g/mol. The highest BCUT2D eigenvalue weighted by Crippen LogP contribution is 2.33. The molecule has 3 aliphatic rings. The summed E-state index contributed by atoms with van der Waals surface area (Å²) in [7, 11) is 0. The molecule has 4 rings (SSSR count). The SMILES string of the molecule is CCCC(=O)N1CCC(N(C(=O)Nc2ncc(SCCN3CCCC3)s2)C2CCC(C)CC2)CC1. The predicted molar refractivity (Wildman–Crippen MR) is 145 cm³/mol. The second-order valence-corrected chi connectivity index (χ2v) is 12.9. The van der Waals surface area contributed by atoms with Crippen LogP contribution < -0.4 is 5.32 Å². The Hall–Kier alpha value is -1.32. The fourth-order valence-electron chi connectivity index (χ4n) is 5.74. The van der Waals surface area contributed by atoms with Crippen LogP contribution in [0.5, 0.6) is 0 Å². The summed E-state index contributed by atoms with van der Waals surface area (Å²) in [6, 6.07) is 0.461. The second-order valence-electron chi connectivity index (χ2n) is 10.5. The second kappa shape index (κ2) is 13.3. The first-order valence-corrected chi connectivity index (χ1v) is 15.5. The Balaban J connectivity index is 1.34. The van der Waals surface area contributed by atoms with Crippen molar-refractivity contribution < 1.29 is 9.59 Å². The van der Waals surface area contributed by atoms with Crippen molar-refractivity contribution in [3.63, 3.8) is 0 Å². The molecule has 3 amide bonds. The van der Waals surface area contributed by atoms with Crippen LogP contribution in [0.1, 0.15) is 78.1 Å². The summed E-state index contributed by atoms with van der Waals surface area (Å²) >= 11 is 3.43. The lowest BCUT2D eigenvalue weighted by Gasteiger charge is -2.44. The Morgan fingerprint density at radius 2 is 1.77 bits per heavy atom. The number of amides is 3. The van der Waals surface area contributed by atoms with E-state index >= 15 is 0 Å². The molecule has 0 radical (unpaired) electrons. The van der Waals surface area contributed by atoms with E-state index in [-0.39, 0.29) is 24.0 Å². The summed E-state index contributed by atoms with van der Waals surface area (Å²) < 4.78 is 1.17. The molecule has 0 aromatic carbocycles. The first-order chi connectivity index (χ1) is 17.0. The molecule has 0 unspecified atom stereocenters. The summed E-state index contributed by atoms with van der Waals surface area (Å²) in [5.41, 5.74) is 0. The van der Waals surface area contributed by atoms with E-state index in [2.05, 4.69) is 33.9 Å². The normalized spacial score (nSPS) is 24.0. The number of thiazole rings is 1. The topological polar surface area (TPSA) is 68.8 Å². The first-order valence-electron chi connectivity index (χ1n) is 13.7. The van der Waals surface area contributed by atoms with E-state index in [0.29, 0.717) is 11.6 Å². The zero-order valence-electron chi connectivity index (χ0n) is 21.5. The molecule has 0 spiro atoms. The Bertz CT molecular complexity index is 812. The molecule has 196 valence electrons. The molecule has 1 saturated carbocycles. The van der Waals surface area contributed by atoms with E-state index in [1.54, 1.807) is 11.3 Å². The molecule has 1 aromatic rings. The van der Waals surface area contributed by atoms with Gasteiger partial charge in [0.25, 0.3) is 0 Å². The highest BCUT2D eigenvalue weighted by Gasteiger charge is 2.35. The van der Waals surface area contributed by atoms with Crippen molar-refractivity contribution in [2.24, 2.45) is 5.92 Å². The molecule has 7 nitrogen and oxygen atoms in total. The number of rotatable bonds is 9. The number of urea groups is 1. The molecule has 1 aliphatic carbocycles. The van der Waals surface area contributed by atoms with Crippen molar-refractivity contribution >= 4 is 40.2 Å². The van der Waals surface area contributed by atoms with Gasteiger partial charge in [-0.2, -0.15) is 0 Å². The average Bonchev–Trinajstić information content (AvgIpc) is 3.53. The number of anilines is 1. The van der Waals surface area contributed by atoms with Gasteiger partial charge in [0.2, 0.25) is 5.91 Å². The van der Waals surface area contributed by atoms with Crippen LogP contribution in [0.25, 0.3) is 0 Å². The molecular formula is C26H43N5O2S2. The van der Waals surface area contributed by atoms with Gasteiger partial charge < -0.3 is 14.7 Å². The van der Waals surface area contributed by atoms with Crippen LogP contribution in [0.3, 0.4) is 0 Å². The number of aromatic nitrogens is 1. The van der Waals surface area contributed by atoms with E-state index in [1.807, 2.05) is 22.9 Å². The van der Waals surface area contributed by atoms with Crippen molar-refractivity contribution in [3.8, 4) is 0 Å². The number of thioether (sulfide) groups is 1. The Morgan fingerprint density at radius 3 is 2.46 bits per heavy atom. The number of nitrogens with zero attached hydrogens (tertiary/aromatic N) is 4. The van der Waals surface area contributed by atoms with Gasteiger partial charge in [0.15, 0.2) is 5.13 Å². The van der Waals surface area contributed by atoms with Gasteiger partial charge >= 0.3 is 6.03 Å². The summed E-state index contributed by atoms with van der Waals surface area (Å²) in [6.07, 6.45) is 12.3. The van der Waals surface area contributed by atoms with Crippen LogP contribution in [-0.2, 0) is 4.79 Å². The van der Waals surface area contributed by atoms with Gasteiger partial charge in [-0.3, -0.25) is 10.1 Å². The summed E-state index contributed by atoms with van der Waals surface area (Å²) in [4.78, 5) is 37.1. The highest BCUT2D eigenvalue weighted by molar-refractivity contribution is 8.01. The van der Waals surface area contributed by atoms with E-state index in [1.165, 1.54) is 43.0 Å². The molecule has 3 fully saturated rings. The van der Waals surface area contributed by atoms with Gasteiger partial charge in [-0.1, -0.05) is 25.2 Å². The molecule has 9 heteroatoms. The average molecular weight is 522 g/mol. The maximum atomic E-state index is 13.6. The van der Waals surface area contributed by atoms with Gasteiger partial charge in [0.1, 0.15) is 0 Å². The fraction of sp³-hybridized carbons (Fsp3) is 0.808. The Kier molecular flexibility index (Phi) is 10.2. The quantitative estimate of drug-likeness (QED) is 0.433. The van der Waals surface area contributed by atoms with Crippen molar-refractivity contribution in [1.29, 1.82) is 0 Å². The zero-order valence-corrected chi connectivity index (χ0v) is 23.2. The number of hydrogen-bond donors (Lipinski definition) is 1. The van der Waals surface area contributed by atoms with Gasteiger partial charge in [0, 0.05) is 43.9 Å². The minimum absolute atomic E-state index is 0.00847. The Morgan fingerprint density at radius 1 is 1.09 bits per heavy atom. The third-order valence-electron chi connectivity index (χ3n) is 7.84. The smallest absolute Gasteiger partial charge is 0.324 e. The molecule has 2 aliphatic heterocycles. The van der Waals surface area contributed by atoms with E-state index in [9.17, 15) is 9.59 Å². The standard InChI is InChI=1S/C26H43N5O2S2/c1-3-6-23(32)30-15-11-22(12-16-30)31(21-9-7-20(2)8-10-21)26(33)28-25-27-19-24(35-25)34-18-17-29-13-4-5-14-29/h19-22H,3-18H2,1-2H3,(H,27,28,33). The van der Waals surface area contributed by atoms with Crippen molar-refractivity contribution in [2.75, 3.05) is 43.8 Å². The molecule has 0 atom stereocenters. The van der Waals surface area contributed by atoms with Crippen molar-refractivity contribution in [2.45, 2.75) is 94.3 Å². The molecule has 3 heterocycles. The molecule has 1 aromatic heterocycles. The van der Waals surface area contributed by atoms with Crippen molar-refractivity contribution in [1.82, 2.24) is 19.7 Å². The van der Waals surface area contributed by atoms with Crippen LogP contribution in [-0.4, -0.2) is 82.2 Å². The number of carbonyl (C=O) groups is 2.